The lowest BCUT2D eigenvalue weighted by Gasteiger charge is -2.37. The van der Waals surface area contributed by atoms with E-state index in [1.165, 1.54) is 0 Å². The number of alkyl halides is 1. The molecule has 2 atom stereocenters. The summed E-state index contributed by atoms with van der Waals surface area (Å²) >= 11 is 3.72. The van der Waals surface area contributed by atoms with E-state index in [0.717, 1.165) is 25.7 Å². The van der Waals surface area contributed by atoms with Crippen molar-refractivity contribution in [2.45, 2.75) is 49.5 Å². The normalized spacial score (nSPS) is 28.5. The summed E-state index contributed by atoms with van der Waals surface area (Å²) in [6, 6.07) is 8.37. The van der Waals surface area contributed by atoms with Crippen LogP contribution in [0.5, 0.6) is 5.75 Å². The lowest BCUT2D eigenvalue weighted by molar-refractivity contribution is 0.0599. The molecule has 3 nitrogen and oxygen atoms in total. The minimum absolute atomic E-state index is 0.140. The van der Waals surface area contributed by atoms with Crippen LogP contribution in [0.4, 0.5) is 0 Å². The van der Waals surface area contributed by atoms with E-state index in [0.29, 0.717) is 34.8 Å². The topological polar surface area (TPSA) is 29.5 Å². The van der Waals surface area contributed by atoms with Gasteiger partial charge in [0, 0.05) is 16.9 Å². The highest BCUT2D eigenvalue weighted by molar-refractivity contribution is 9.09. The molecule has 2 heterocycles. The predicted molar refractivity (Wildman–Crippen MR) is 82.5 cm³/mol. The van der Waals surface area contributed by atoms with Crippen molar-refractivity contribution in [1.29, 1.82) is 0 Å². The molecule has 1 aromatic rings. The Bertz CT molecular complexity index is 491. The molecule has 4 heteroatoms. The summed E-state index contributed by atoms with van der Waals surface area (Å²) in [5.74, 6) is 0.848. The summed E-state index contributed by atoms with van der Waals surface area (Å²) in [5, 5.41) is 0. The van der Waals surface area contributed by atoms with Crippen LogP contribution in [0.1, 0.15) is 43.0 Å². The maximum atomic E-state index is 12.9. The Balaban J connectivity index is 1.86. The van der Waals surface area contributed by atoms with Crippen molar-refractivity contribution in [2.24, 2.45) is 0 Å². The van der Waals surface area contributed by atoms with Crippen LogP contribution in [0.3, 0.4) is 0 Å². The van der Waals surface area contributed by atoms with Crippen molar-refractivity contribution >= 4 is 21.8 Å². The highest BCUT2D eigenvalue weighted by atomic mass is 79.9. The Morgan fingerprint density at radius 1 is 1.30 bits per heavy atom. The number of para-hydroxylation sites is 1. The first-order valence-corrected chi connectivity index (χ1v) is 8.30. The lowest BCUT2D eigenvalue weighted by atomic mass is 10.0. The van der Waals surface area contributed by atoms with Crippen molar-refractivity contribution in [1.82, 2.24) is 4.90 Å². The standard InChI is InChI=1S/C16H20BrNO2/c1-2-20-15-6-4-3-5-14(15)16(19)18-12-7-8-13(18)10-11(17)9-12/h3-6,11-13H,2,7-10H2,1H3. The Morgan fingerprint density at radius 2 is 1.95 bits per heavy atom. The Labute approximate surface area is 128 Å². The highest BCUT2D eigenvalue weighted by Gasteiger charge is 2.43. The second kappa shape index (κ2) is 5.76. The van der Waals surface area contributed by atoms with Gasteiger partial charge >= 0.3 is 0 Å². The molecule has 0 radical (unpaired) electrons. The maximum Gasteiger partial charge on any atom is 0.258 e. The Morgan fingerprint density at radius 3 is 2.60 bits per heavy atom. The highest BCUT2D eigenvalue weighted by Crippen LogP contribution is 2.40. The van der Waals surface area contributed by atoms with E-state index in [1.807, 2.05) is 31.2 Å². The molecule has 2 saturated heterocycles. The molecule has 0 spiro atoms. The second-order valence-corrected chi connectivity index (χ2v) is 6.89. The van der Waals surface area contributed by atoms with Crippen molar-refractivity contribution in [3.63, 3.8) is 0 Å². The van der Waals surface area contributed by atoms with Gasteiger partial charge in [0.2, 0.25) is 0 Å². The lowest BCUT2D eigenvalue weighted by Crippen LogP contribution is -2.46. The maximum absolute atomic E-state index is 12.9. The second-order valence-electron chi connectivity index (χ2n) is 5.60. The van der Waals surface area contributed by atoms with Gasteiger partial charge < -0.3 is 9.64 Å². The first kappa shape index (κ1) is 13.9. The van der Waals surface area contributed by atoms with Gasteiger partial charge in [-0.15, -0.1) is 0 Å². The SMILES string of the molecule is CCOc1ccccc1C(=O)N1C2CCC1CC(Br)C2. The van der Waals surface area contributed by atoms with Gasteiger partial charge in [-0.1, -0.05) is 28.1 Å². The summed E-state index contributed by atoms with van der Waals surface area (Å²) in [6.07, 6.45) is 4.41. The quantitative estimate of drug-likeness (QED) is 0.788. The molecule has 2 aliphatic rings. The third-order valence-corrected chi connectivity index (χ3v) is 5.08. The predicted octanol–water partition coefficient (Wildman–Crippen LogP) is 3.62. The Hall–Kier alpha value is -1.03. The summed E-state index contributed by atoms with van der Waals surface area (Å²) in [7, 11) is 0. The molecule has 2 bridgehead atoms. The number of benzene rings is 1. The number of hydrogen-bond donors (Lipinski definition) is 0. The van der Waals surface area contributed by atoms with E-state index in [2.05, 4.69) is 20.8 Å². The van der Waals surface area contributed by atoms with Crippen LogP contribution >= 0.6 is 15.9 Å². The van der Waals surface area contributed by atoms with Gasteiger partial charge in [-0.2, -0.15) is 0 Å². The van der Waals surface area contributed by atoms with Crippen molar-refractivity contribution in [3.8, 4) is 5.75 Å². The number of nitrogens with zero attached hydrogens (tertiary/aromatic N) is 1. The molecule has 3 rings (SSSR count). The summed E-state index contributed by atoms with van der Waals surface area (Å²) in [4.78, 5) is 15.6. The average Bonchev–Trinajstić information content (AvgIpc) is 2.71. The minimum Gasteiger partial charge on any atom is -0.493 e. The van der Waals surface area contributed by atoms with Gasteiger partial charge in [0.15, 0.2) is 0 Å². The van der Waals surface area contributed by atoms with Crippen LogP contribution in [0.2, 0.25) is 0 Å². The summed E-state index contributed by atoms with van der Waals surface area (Å²) < 4.78 is 5.60. The van der Waals surface area contributed by atoms with Crippen LogP contribution in [0, 0.1) is 0 Å². The molecule has 0 saturated carbocycles. The van der Waals surface area contributed by atoms with E-state index in [1.54, 1.807) is 0 Å². The van der Waals surface area contributed by atoms with Gasteiger partial charge in [-0.25, -0.2) is 0 Å². The van der Waals surface area contributed by atoms with E-state index in [-0.39, 0.29) is 5.91 Å². The van der Waals surface area contributed by atoms with Crippen molar-refractivity contribution in [2.75, 3.05) is 6.61 Å². The summed E-state index contributed by atoms with van der Waals surface area (Å²) in [6.45, 7) is 2.53. The van der Waals surface area contributed by atoms with Gasteiger partial charge in [-0.3, -0.25) is 4.79 Å². The largest absolute Gasteiger partial charge is 0.493 e. The van der Waals surface area contributed by atoms with E-state index >= 15 is 0 Å². The minimum atomic E-state index is 0.140. The van der Waals surface area contributed by atoms with Gasteiger partial charge in [-0.05, 0) is 44.7 Å². The fraction of sp³-hybridized carbons (Fsp3) is 0.562. The van der Waals surface area contributed by atoms with E-state index in [9.17, 15) is 4.79 Å². The number of piperidine rings is 1. The van der Waals surface area contributed by atoms with Crippen molar-refractivity contribution in [3.05, 3.63) is 29.8 Å². The molecule has 1 aromatic carbocycles. The molecule has 0 aliphatic carbocycles. The number of ether oxygens (including phenoxy) is 1. The molecule has 0 N–H and O–H groups in total. The first-order valence-electron chi connectivity index (χ1n) is 7.39. The van der Waals surface area contributed by atoms with Crippen LogP contribution in [0.15, 0.2) is 24.3 Å². The number of amides is 1. The third kappa shape index (κ3) is 2.46. The average molecular weight is 338 g/mol. The zero-order valence-corrected chi connectivity index (χ0v) is 13.3. The van der Waals surface area contributed by atoms with Gasteiger partial charge in [0.05, 0.1) is 12.2 Å². The molecule has 0 aromatic heterocycles. The van der Waals surface area contributed by atoms with Crippen LogP contribution < -0.4 is 4.74 Å². The molecule has 20 heavy (non-hydrogen) atoms. The smallest absolute Gasteiger partial charge is 0.258 e. The zero-order chi connectivity index (χ0) is 14.1. The van der Waals surface area contributed by atoms with E-state index in [4.69, 9.17) is 4.74 Å². The fourth-order valence-corrected chi connectivity index (χ4v) is 4.37. The molecule has 2 unspecified atom stereocenters. The molecule has 2 fully saturated rings. The first-order chi connectivity index (χ1) is 9.70. The number of halogens is 1. The number of carbonyl (C=O) groups excluding carboxylic acids is 1. The molecular weight excluding hydrogens is 318 g/mol. The molecule has 108 valence electrons. The van der Waals surface area contributed by atoms with Crippen molar-refractivity contribution < 1.29 is 9.53 Å². The summed E-state index contributed by atoms with van der Waals surface area (Å²) in [5.41, 5.74) is 0.708. The van der Waals surface area contributed by atoms with Gasteiger partial charge in [0.25, 0.3) is 5.91 Å². The Kier molecular flexibility index (Phi) is 4.01. The van der Waals surface area contributed by atoms with Crippen LogP contribution in [0.25, 0.3) is 0 Å². The number of rotatable bonds is 3. The molecule has 2 aliphatic heterocycles. The molecule has 1 amide bonds. The number of fused-ring (bicyclic) bond motifs is 2. The van der Waals surface area contributed by atoms with Crippen LogP contribution in [-0.2, 0) is 0 Å². The third-order valence-electron chi connectivity index (χ3n) is 4.33. The zero-order valence-electron chi connectivity index (χ0n) is 11.7. The van der Waals surface area contributed by atoms with Crippen LogP contribution in [-0.4, -0.2) is 34.3 Å². The molecular formula is C16H20BrNO2. The van der Waals surface area contributed by atoms with E-state index < -0.39 is 0 Å². The fourth-order valence-electron chi connectivity index (χ4n) is 3.51. The number of hydrogen-bond acceptors (Lipinski definition) is 2. The van der Waals surface area contributed by atoms with Gasteiger partial charge in [0.1, 0.15) is 5.75 Å². The monoisotopic (exact) mass is 337 g/mol. The number of carbonyl (C=O) groups is 1.